The Morgan fingerprint density at radius 1 is 0.839 bits per heavy atom. The number of nitrogens with two attached hydrogens (primary N) is 2. The maximum Gasteiger partial charge on any atom is 0.248 e. The second-order valence-electron chi connectivity index (χ2n) is 15.1. The van der Waals surface area contributed by atoms with Crippen molar-refractivity contribution in [3.63, 3.8) is 0 Å². The van der Waals surface area contributed by atoms with E-state index in [-0.39, 0.29) is 69.7 Å². The number of benzene rings is 1. The molecule has 9 N–H and O–H groups in total. The predicted molar refractivity (Wildman–Crippen MR) is 209 cm³/mol. The average molecular weight is 792 g/mol. The van der Waals surface area contributed by atoms with Crippen molar-refractivity contribution in [2.45, 2.75) is 113 Å². The van der Waals surface area contributed by atoms with E-state index in [9.17, 15) is 29.1 Å². The summed E-state index contributed by atoms with van der Waals surface area (Å²) in [6.07, 6.45) is 4.95. The molecule has 1 saturated carbocycles. The van der Waals surface area contributed by atoms with Crippen LogP contribution in [0.25, 0.3) is 0 Å². The van der Waals surface area contributed by atoms with E-state index in [1.54, 1.807) is 4.90 Å². The number of amides is 6. The number of carbonyl (C=O) groups is 6. The third-order valence-electron chi connectivity index (χ3n) is 11.4. The smallest absolute Gasteiger partial charge is 0.248 e. The Hall–Kier alpha value is -5.03. The Labute approximate surface area is 330 Å². The summed E-state index contributed by atoms with van der Waals surface area (Å²) in [5, 5.41) is 23.6. The second kappa shape index (κ2) is 18.7. The Balaban J connectivity index is 1.36. The van der Waals surface area contributed by atoms with Gasteiger partial charge in [-0.2, -0.15) is 0 Å². The molecule has 2 aromatic rings. The van der Waals surface area contributed by atoms with Crippen LogP contribution in [-0.2, 0) is 48.2 Å². The van der Waals surface area contributed by atoms with Gasteiger partial charge in [0.05, 0.1) is 6.61 Å². The van der Waals surface area contributed by atoms with Crippen molar-refractivity contribution in [3.05, 3.63) is 57.8 Å². The third kappa shape index (κ3) is 9.67. The van der Waals surface area contributed by atoms with Gasteiger partial charge in [0.1, 0.15) is 30.2 Å². The van der Waals surface area contributed by atoms with E-state index in [1.165, 1.54) is 16.2 Å². The number of hydrogen-bond acceptors (Lipinski definition) is 9. The van der Waals surface area contributed by atoms with Gasteiger partial charge in [-0.1, -0.05) is 43.2 Å². The predicted octanol–water partition coefficient (Wildman–Crippen LogP) is -0.186. The van der Waals surface area contributed by atoms with Gasteiger partial charge < -0.3 is 47.6 Å². The van der Waals surface area contributed by atoms with Crippen LogP contribution in [0.4, 0.5) is 0 Å². The number of fused-ring (bicyclic) bond motifs is 5. The Morgan fingerprint density at radius 2 is 1.61 bits per heavy atom. The van der Waals surface area contributed by atoms with Crippen molar-refractivity contribution >= 4 is 52.7 Å². The lowest BCUT2D eigenvalue weighted by molar-refractivity contribution is -0.153. The van der Waals surface area contributed by atoms with Gasteiger partial charge in [0.15, 0.2) is 5.96 Å². The van der Waals surface area contributed by atoms with E-state index in [0.717, 1.165) is 35.3 Å². The third-order valence-corrected chi connectivity index (χ3v) is 12.3. The average Bonchev–Trinajstić information content (AvgIpc) is 3.86. The largest absolute Gasteiger partial charge is 0.394 e. The van der Waals surface area contributed by atoms with Crippen LogP contribution in [0.3, 0.4) is 0 Å². The highest BCUT2D eigenvalue weighted by atomic mass is 32.1. The Bertz CT molecular complexity index is 1780. The first-order valence-corrected chi connectivity index (χ1v) is 20.5. The lowest BCUT2D eigenvalue weighted by atomic mass is 9.84. The van der Waals surface area contributed by atoms with E-state index in [4.69, 9.17) is 11.5 Å². The van der Waals surface area contributed by atoms with Gasteiger partial charge >= 0.3 is 0 Å². The highest BCUT2D eigenvalue weighted by molar-refractivity contribution is 7.09. The van der Waals surface area contributed by atoms with Crippen LogP contribution in [0.15, 0.2) is 46.8 Å². The van der Waals surface area contributed by atoms with Crippen LogP contribution in [0, 0.1) is 5.92 Å². The maximum absolute atomic E-state index is 15.1. The fraction of sp³-hybridized carbons (Fsp3) is 0.564. The first-order valence-electron chi connectivity index (χ1n) is 19.6. The van der Waals surface area contributed by atoms with E-state index < -0.39 is 72.3 Å². The number of rotatable bonds is 7. The molecule has 1 aromatic heterocycles. The maximum atomic E-state index is 15.1. The van der Waals surface area contributed by atoms with Crippen molar-refractivity contribution in [3.8, 4) is 0 Å². The number of thiophene rings is 1. The van der Waals surface area contributed by atoms with Crippen LogP contribution < -0.4 is 32.7 Å². The van der Waals surface area contributed by atoms with E-state index >= 15 is 4.79 Å². The molecule has 2 saturated heterocycles. The fourth-order valence-corrected chi connectivity index (χ4v) is 9.30. The second-order valence-corrected chi connectivity index (χ2v) is 16.1. The zero-order valence-electron chi connectivity index (χ0n) is 31.5. The molecule has 17 heteroatoms. The van der Waals surface area contributed by atoms with E-state index in [0.29, 0.717) is 19.3 Å². The molecule has 7 atom stereocenters. The van der Waals surface area contributed by atoms with Gasteiger partial charge in [-0.3, -0.25) is 33.8 Å². The van der Waals surface area contributed by atoms with Crippen molar-refractivity contribution in [1.29, 1.82) is 0 Å². The summed E-state index contributed by atoms with van der Waals surface area (Å²) in [7, 11) is 0. The highest BCUT2D eigenvalue weighted by Gasteiger charge is 2.51. The van der Waals surface area contributed by atoms with Crippen molar-refractivity contribution in [2.75, 3.05) is 19.7 Å². The summed E-state index contributed by atoms with van der Waals surface area (Å²) >= 11 is 1.41. The van der Waals surface area contributed by atoms with Crippen LogP contribution in [0.2, 0.25) is 0 Å². The molecule has 3 fully saturated rings. The minimum atomic E-state index is -1.41. The lowest BCUT2D eigenvalue weighted by Crippen LogP contribution is -2.63. The standard InChI is InChI=1S/C39H53N9O7S/c40-39(41)43-16-5-12-27-34(51)42-15-6-14-33(50)44-28(20-26-11-7-17-56-26)35(52)46-29(22-49)37(54)47-21-25-10-2-1-8-23(25)18-32(47)38(55)48-30-13-4-3-9-24(30)19-31(48)36(53)45-27/h1-2,7-8,10-11,17,24,27-32,49H,3-6,9,12-16,18-22H2,(H,42,51)(H,44,50)(H,45,53)(H,46,52)(H4,40,41,43)/t24-,27-,28-,29-,30-,31-,32+/m0/s1. The highest BCUT2D eigenvalue weighted by Crippen LogP contribution is 2.41. The minimum absolute atomic E-state index is 0.0187. The summed E-state index contributed by atoms with van der Waals surface area (Å²) in [4.78, 5) is 92.5. The summed E-state index contributed by atoms with van der Waals surface area (Å²) in [6.45, 7) is -0.341. The summed E-state index contributed by atoms with van der Waals surface area (Å²) in [6, 6.07) is 5.55. The van der Waals surface area contributed by atoms with Gasteiger partial charge in [0.2, 0.25) is 35.4 Å². The summed E-state index contributed by atoms with van der Waals surface area (Å²) in [5.74, 6) is -3.08. The van der Waals surface area contributed by atoms with Crippen LogP contribution in [0.5, 0.6) is 0 Å². The van der Waals surface area contributed by atoms with Gasteiger partial charge in [0.25, 0.3) is 0 Å². The van der Waals surface area contributed by atoms with Gasteiger partial charge in [-0.15, -0.1) is 11.3 Å². The fourth-order valence-electron chi connectivity index (χ4n) is 8.55. The number of aliphatic hydroxyl groups is 1. The van der Waals surface area contributed by atoms with E-state index in [1.807, 2.05) is 41.8 Å². The molecule has 3 aliphatic heterocycles. The summed E-state index contributed by atoms with van der Waals surface area (Å²) < 4.78 is 0. The van der Waals surface area contributed by atoms with Crippen molar-refractivity contribution in [2.24, 2.45) is 22.4 Å². The van der Waals surface area contributed by atoms with Crippen LogP contribution in [-0.4, -0.2) is 112 Å². The molecule has 16 nitrogen and oxygen atoms in total. The van der Waals surface area contributed by atoms with Crippen LogP contribution in [0.1, 0.15) is 73.8 Å². The number of nitrogens with one attached hydrogen (secondary N) is 4. The number of carbonyl (C=O) groups excluding carboxylic acids is 6. The zero-order chi connectivity index (χ0) is 39.8. The molecule has 302 valence electrons. The Kier molecular flexibility index (Phi) is 13.6. The molecule has 4 heterocycles. The first kappa shape index (κ1) is 40.6. The summed E-state index contributed by atoms with van der Waals surface area (Å²) in [5.41, 5.74) is 12.7. The topological polar surface area (TPSA) is 242 Å². The van der Waals surface area contributed by atoms with E-state index in [2.05, 4.69) is 26.3 Å². The lowest BCUT2D eigenvalue weighted by Gasteiger charge is -2.42. The minimum Gasteiger partial charge on any atom is -0.394 e. The molecular formula is C39H53N9O7S. The van der Waals surface area contributed by atoms with Gasteiger partial charge in [-0.25, -0.2) is 0 Å². The SMILES string of the molecule is NC(N)=NCCC[C@@H]1NC(=O)[C@@H]2C[C@@H]3CCCC[C@@H]3N2C(=O)[C@H]2Cc3ccccc3CN2C(=O)[C@H](CO)NC(=O)[C@H](Cc2cccs2)NC(=O)CCCNC1=O. The quantitative estimate of drug-likeness (QED) is 0.112. The van der Waals surface area contributed by atoms with Crippen LogP contribution >= 0.6 is 11.3 Å². The molecule has 56 heavy (non-hydrogen) atoms. The normalized spacial score (nSPS) is 28.1. The Morgan fingerprint density at radius 3 is 2.36 bits per heavy atom. The van der Waals surface area contributed by atoms with Crippen molar-refractivity contribution < 1.29 is 33.9 Å². The monoisotopic (exact) mass is 791 g/mol. The number of nitrogens with zero attached hydrogens (tertiary/aromatic N) is 3. The molecule has 1 aliphatic carbocycles. The molecule has 6 amide bonds. The number of hydrogen-bond donors (Lipinski definition) is 7. The van der Waals surface area contributed by atoms with Gasteiger partial charge in [-0.05, 0) is 67.0 Å². The zero-order valence-corrected chi connectivity index (χ0v) is 32.3. The number of guanidine groups is 1. The molecule has 0 bridgehead atoms. The molecule has 0 radical (unpaired) electrons. The van der Waals surface area contributed by atoms with Crippen molar-refractivity contribution in [1.82, 2.24) is 31.1 Å². The molecule has 1 aromatic carbocycles. The first-order chi connectivity index (χ1) is 27.0. The molecule has 4 aliphatic rings. The molecule has 6 rings (SSSR count). The molecule has 0 spiro atoms. The molecular weight excluding hydrogens is 739 g/mol. The number of aliphatic hydroxyl groups excluding tert-OH is 1. The molecule has 0 unspecified atom stereocenters. The number of aliphatic imine (C=N–C) groups is 1. The van der Waals surface area contributed by atoms with Gasteiger partial charge in [0, 0.05) is 49.8 Å².